The number of carbonyl (C=O) groups is 2. The van der Waals surface area contributed by atoms with Gasteiger partial charge in [-0.25, -0.2) is 0 Å². The molecular formula is C25H32N2O3. The van der Waals surface area contributed by atoms with Crippen LogP contribution in [0.2, 0.25) is 0 Å². The summed E-state index contributed by atoms with van der Waals surface area (Å²) in [5.74, 6) is 0.432. The van der Waals surface area contributed by atoms with Crippen LogP contribution < -0.4 is 5.32 Å². The van der Waals surface area contributed by atoms with E-state index in [-0.39, 0.29) is 24.0 Å². The molecule has 1 saturated carbocycles. The fourth-order valence-corrected chi connectivity index (χ4v) is 5.15. The number of likely N-dealkylation sites (tertiary alicyclic amines) is 1. The average Bonchev–Trinajstić information content (AvgIpc) is 3.39. The molecule has 160 valence electrons. The molecule has 2 aromatic rings. The molecule has 2 aromatic carbocycles. The Morgan fingerprint density at radius 1 is 1.13 bits per heavy atom. The van der Waals surface area contributed by atoms with Gasteiger partial charge in [-0.05, 0) is 61.4 Å². The minimum Gasteiger partial charge on any atom is -0.465 e. The summed E-state index contributed by atoms with van der Waals surface area (Å²) >= 11 is 0. The first-order valence-electron chi connectivity index (χ1n) is 11.3. The smallest absolute Gasteiger partial charge is 0.323 e. The molecule has 4 rings (SSSR count). The number of esters is 1. The summed E-state index contributed by atoms with van der Waals surface area (Å²) in [6, 6.07) is 11.7. The fraction of sp³-hybridized carbons (Fsp3) is 0.520. The molecule has 1 aliphatic carbocycles. The predicted molar refractivity (Wildman–Crippen MR) is 119 cm³/mol. The highest BCUT2D eigenvalue weighted by atomic mass is 16.5. The zero-order valence-electron chi connectivity index (χ0n) is 18.0. The molecule has 0 unspecified atom stereocenters. The van der Waals surface area contributed by atoms with E-state index in [0.717, 1.165) is 22.9 Å². The maximum Gasteiger partial charge on any atom is 0.323 e. The lowest BCUT2D eigenvalue weighted by molar-refractivity contribution is -0.148. The Hall–Kier alpha value is -2.40. The molecule has 0 aromatic heterocycles. The van der Waals surface area contributed by atoms with E-state index >= 15 is 0 Å². The molecule has 0 bridgehead atoms. The van der Waals surface area contributed by atoms with Gasteiger partial charge in [0.05, 0.1) is 6.61 Å². The maximum atomic E-state index is 13.1. The van der Waals surface area contributed by atoms with Gasteiger partial charge in [0.2, 0.25) is 0 Å². The molecule has 1 heterocycles. The van der Waals surface area contributed by atoms with E-state index in [9.17, 15) is 9.59 Å². The summed E-state index contributed by atoms with van der Waals surface area (Å²) in [7, 11) is 0. The summed E-state index contributed by atoms with van der Waals surface area (Å²) in [4.78, 5) is 27.9. The second-order valence-corrected chi connectivity index (χ2v) is 8.74. The molecule has 5 nitrogen and oxygen atoms in total. The Bertz CT molecular complexity index is 920. The van der Waals surface area contributed by atoms with Gasteiger partial charge in [0.1, 0.15) is 6.04 Å². The fourth-order valence-electron chi connectivity index (χ4n) is 5.15. The highest BCUT2D eigenvalue weighted by Crippen LogP contribution is 2.29. The molecule has 1 saturated heterocycles. The van der Waals surface area contributed by atoms with Crippen molar-refractivity contribution >= 4 is 22.6 Å². The first-order chi connectivity index (χ1) is 14.6. The van der Waals surface area contributed by atoms with Gasteiger partial charge < -0.3 is 10.1 Å². The van der Waals surface area contributed by atoms with Crippen LogP contribution in [0.25, 0.3) is 10.8 Å². The number of hydrogen-bond donors (Lipinski definition) is 1. The van der Waals surface area contributed by atoms with Crippen LogP contribution in [0.15, 0.2) is 36.4 Å². The van der Waals surface area contributed by atoms with E-state index in [4.69, 9.17) is 4.74 Å². The third-order valence-corrected chi connectivity index (χ3v) is 6.71. The monoisotopic (exact) mass is 408 g/mol. The SMILES string of the molecule is CCOC(=O)[C@@H]1C[C@H](NC(=O)c2ccc3ccccc3c2C)CN1CC1CCCC1. The van der Waals surface area contributed by atoms with E-state index in [1.165, 1.54) is 25.7 Å². The lowest BCUT2D eigenvalue weighted by Crippen LogP contribution is -2.40. The van der Waals surface area contributed by atoms with Crippen molar-refractivity contribution in [3.05, 3.63) is 47.5 Å². The third-order valence-electron chi connectivity index (χ3n) is 6.71. The Balaban J connectivity index is 1.47. The van der Waals surface area contributed by atoms with Crippen molar-refractivity contribution in [2.75, 3.05) is 19.7 Å². The highest BCUT2D eigenvalue weighted by molar-refractivity contribution is 6.01. The van der Waals surface area contributed by atoms with Crippen LogP contribution in [-0.2, 0) is 9.53 Å². The second-order valence-electron chi connectivity index (χ2n) is 8.74. The molecular weight excluding hydrogens is 376 g/mol. The van der Waals surface area contributed by atoms with Gasteiger partial charge in [0.15, 0.2) is 0 Å². The van der Waals surface area contributed by atoms with Crippen molar-refractivity contribution in [1.82, 2.24) is 10.2 Å². The van der Waals surface area contributed by atoms with Crippen LogP contribution in [0.1, 0.15) is 54.9 Å². The predicted octanol–water partition coefficient (Wildman–Crippen LogP) is 4.07. The molecule has 2 atom stereocenters. The average molecular weight is 409 g/mol. The van der Waals surface area contributed by atoms with Crippen molar-refractivity contribution in [2.45, 2.75) is 58.0 Å². The number of rotatable bonds is 6. The van der Waals surface area contributed by atoms with E-state index in [2.05, 4.69) is 22.3 Å². The van der Waals surface area contributed by atoms with Gasteiger partial charge in [0.25, 0.3) is 5.91 Å². The zero-order chi connectivity index (χ0) is 21.1. The summed E-state index contributed by atoms with van der Waals surface area (Å²) < 4.78 is 5.33. The van der Waals surface area contributed by atoms with Gasteiger partial charge >= 0.3 is 5.97 Å². The van der Waals surface area contributed by atoms with Crippen molar-refractivity contribution in [1.29, 1.82) is 0 Å². The van der Waals surface area contributed by atoms with Crippen LogP contribution in [0, 0.1) is 12.8 Å². The number of nitrogens with zero attached hydrogens (tertiary/aromatic N) is 1. The van der Waals surface area contributed by atoms with E-state index in [1.807, 2.05) is 38.1 Å². The number of benzene rings is 2. The molecule has 2 aliphatic rings. The summed E-state index contributed by atoms with van der Waals surface area (Å²) in [6.45, 7) is 5.86. The maximum absolute atomic E-state index is 13.1. The van der Waals surface area contributed by atoms with Gasteiger partial charge in [-0.2, -0.15) is 0 Å². The van der Waals surface area contributed by atoms with Crippen LogP contribution in [0.3, 0.4) is 0 Å². The molecule has 1 aliphatic heterocycles. The zero-order valence-corrected chi connectivity index (χ0v) is 18.0. The first kappa shape index (κ1) is 20.9. The number of aryl methyl sites for hydroxylation is 1. The van der Waals surface area contributed by atoms with E-state index in [1.54, 1.807) is 0 Å². The van der Waals surface area contributed by atoms with E-state index < -0.39 is 0 Å². The molecule has 5 heteroatoms. The Labute approximate surface area is 178 Å². The van der Waals surface area contributed by atoms with Gasteiger partial charge in [0, 0.05) is 24.7 Å². The number of amides is 1. The standard InChI is InChI=1S/C25H32N2O3/c1-3-30-25(29)23-14-20(16-27(23)15-18-8-4-5-9-18)26-24(28)22-13-12-19-10-6-7-11-21(19)17(22)2/h6-7,10-13,18,20,23H,3-5,8-9,14-16H2,1-2H3,(H,26,28)/t20-,23-/m0/s1. The topological polar surface area (TPSA) is 58.6 Å². The number of nitrogens with one attached hydrogen (secondary N) is 1. The summed E-state index contributed by atoms with van der Waals surface area (Å²) in [5, 5.41) is 5.43. The minimum absolute atomic E-state index is 0.0424. The van der Waals surface area contributed by atoms with Crippen molar-refractivity contribution in [3.63, 3.8) is 0 Å². The van der Waals surface area contributed by atoms with Gasteiger partial charge in [-0.1, -0.05) is 43.2 Å². The van der Waals surface area contributed by atoms with Crippen LogP contribution in [0.4, 0.5) is 0 Å². The Morgan fingerprint density at radius 2 is 1.90 bits per heavy atom. The minimum atomic E-state index is -0.256. The second kappa shape index (κ2) is 9.17. The van der Waals surface area contributed by atoms with Gasteiger partial charge in [-0.3, -0.25) is 14.5 Å². The number of carbonyl (C=O) groups excluding carboxylic acids is 2. The highest BCUT2D eigenvalue weighted by Gasteiger charge is 2.39. The number of hydrogen-bond acceptors (Lipinski definition) is 4. The largest absolute Gasteiger partial charge is 0.465 e. The number of ether oxygens (including phenoxy) is 1. The summed E-state index contributed by atoms with van der Waals surface area (Å²) in [5.41, 5.74) is 1.70. The lowest BCUT2D eigenvalue weighted by Gasteiger charge is -2.25. The molecule has 0 spiro atoms. The van der Waals surface area contributed by atoms with Crippen LogP contribution in [0.5, 0.6) is 0 Å². The van der Waals surface area contributed by atoms with Gasteiger partial charge in [-0.15, -0.1) is 0 Å². The van der Waals surface area contributed by atoms with Crippen molar-refractivity contribution in [3.8, 4) is 0 Å². The Morgan fingerprint density at radius 3 is 2.67 bits per heavy atom. The quantitative estimate of drug-likeness (QED) is 0.732. The molecule has 1 amide bonds. The summed E-state index contributed by atoms with van der Waals surface area (Å²) in [6.07, 6.45) is 5.65. The third kappa shape index (κ3) is 4.36. The molecule has 0 radical (unpaired) electrons. The van der Waals surface area contributed by atoms with Crippen molar-refractivity contribution in [2.24, 2.45) is 5.92 Å². The van der Waals surface area contributed by atoms with Crippen LogP contribution >= 0.6 is 0 Å². The Kier molecular flexibility index (Phi) is 6.38. The normalized spacial score (nSPS) is 22.5. The molecule has 1 N–H and O–H groups in total. The molecule has 30 heavy (non-hydrogen) atoms. The van der Waals surface area contributed by atoms with Crippen LogP contribution in [-0.4, -0.2) is 48.6 Å². The first-order valence-corrected chi connectivity index (χ1v) is 11.3. The lowest BCUT2D eigenvalue weighted by atomic mass is 9.99. The van der Waals surface area contributed by atoms with Crippen molar-refractivity contribution < 1.29 is 14.3 Å². The van der Waals surface area contributed by atoms with E-state index in [0.29, 0.717) is 31.1 Å². The molecule has 2 fully saturated rings. The number of fused-ring (bicyclic) bond motifs is 1.